The molecule has 1 saturated heterocycles. The molecule has 194 valence electrons. The number of benzene rings is 1. The van der Waals surface area contributed by atoms with Crippen molar-refractivity contribution < 1.29 is 18.0 Å². The van der Waals surface area contributed by atoms with Crippen molar-refractivity contribution in [3.05, 3.63) is 47.8 Å². The van der Waals surface area contributed by atoms with Gasteiger partial charge in [-0.3, -0.25) is 4.79 Å². The van der Waals surface area contributed by atoms with Gasteiger partial charge in [-0.25, -0.2) is 9.67 Å². The third-order valence-corrected chi connectivity index (χ3v) is 7.87. The fraction of sp³-hybridized carbons (Fsp3) is 0.500. The van der Waals surface area contributed by atoms with Crippen LogP contribution in [0.15, 0.2) is 36.4 Å². The Morgan fingerprint density at radius 1 is 1.05 bits per heavy atom. The van der Waals surface area contributed by atoms with E-state index < -0.39 is 11.7 Å². The van der Waals surface area contributed by atoms with E-state index in [4.69, 9.17) is 10.1 Å². The molecule has 4 heterocycles. The van der Waals surface area contributed by atoms with Gasteiger partial charge < -0.3 is 4.90 Å². The molecule has 4 aromatic rings. The molecule has 2 fully saturated rings. The number of halogens is 3. The summed E-state index contributed by atoms with van der Waals surface area (Å²) in [4.78, 5) is 19.6. The zero-order chi connectivity index (χ0) is 25.9. The Hall–Kier alpha value is -3.50. The molecule has 0 amide bonds. The lowest BCUT2D eigenvalue weighted by atomic mass is 9.89. The third kappa shape index (κ3) is 4.34. The fourth-order valence-electron chi connectivity index (χ4n) is 5.28. The van der Waals surface area contributed by atoms with E-state index in [1.807, 2.05) is 36.6 Å². The van der Waals surface area contributed by atoms with Crippen molar-refractivity contribution >= 4 is 28.3 Å². The van der Waals surface area contributed by atoms with Gasteiger partial charge in [0, 0.05) is 30.8 Å². The van der Waals surface area contributed by atoms with E-state index in [2.05, 4.69) is 15.2 Å². The topological polar surface area (TPSA) is 81.2 Å². The van der Waals surface area contributed by atoms with Crippen LogP contribution in [0.5, 0.6) is 0 Å². The van der Waals surface area contributed by atoms with E-state index >= 15 is 0 Å². The number of hydrogen-bond acceptors (Lipinski definition) is 6. The second-order valence-corrected chi connectivity index (χ2v) is 10.3. The van der Waals surface area contributed by atoms with Crippen molar-refractivity contribution in [1.82, 2.24) is 29.6 Å². The number of rotatable bonds is 6. The minimum absolute atomic E-state index is 0.0396. The van der Waals surface area contributed by atoms with Crippen LogP contribution in [0.25, 0.3) is 16.7 Å². The SMILES string of the molecule is CC(C(=O)C1CC1)C(C)c1nc2cccc(N3CCC(n4nnc5cc(C(F)(F)F)ccc54)CC3)n2n1. The van der Waals surface area contributed by atoms with Gasteiger partial charge in [0.05, 0.1) is 17.1 Å². The van der Waals surface area contributed by atoms with Crippen LogP contribution in [-0.4, -0.2) is 48.5 Å². The van der Waals surface area contributed by atoms with Crippen molar-refractivity contribution in [1.29, 1.82) is 0 Å². The zero-order valence-corrected chi connectivity index (χ0v) is 20.7. The molecule has 1 aromatic carbocycles. The van der Waals surface area contributed by atoms with Gasteiger partial charge in [-0.2, -0.15) is 17.7 Å². The summed E-state index contributed by atoms with van der Waals surface area (Å²) in [5.41, 5.74) is 0.886. The average molecular weight is 512 g/mol. The summed E-state index contributed by atoms with van der Waals surface area (Å²) in [6, 6.07) is 9.53. The standard InChI is InChI=1S/C26H28F3N7O/c1-15(24(37)17-6-7-17)16(2)25-30-22-4-3-5-23(36(22)32-25)34-12-10-19(11-13-34)35-21-9-8-18(26(27,28)29)14-20(21)31-33-35/h3-5,8-9,14-17,19H,6-7,10-13H2,1-2H3. The van der Waals surface area contributed by atoms with Crippen molar-refractivity contribution in [2.24, 2.45) is 11.8 Å². The highest BCUT2D eigenvalue weighted by Gasteiger charge is 2.36. The maximum Gasteiger partial charge on any atom is 0.416 e. The number of piperidine rings is 1. The molecule has 37 heavy (non-hydrogen) atoms. The maximum absolute atomic E-state index is 13.1. The van der Waals surface area contributed by atoms with Crippen LogP contribution in [0.2, 0.25) is 0 Å². The first-order valence-electron chi connectivity index (χ1n) is 12.8. The first-order valence-corrected chi connectivity index (χ1v) is 12.8. The van der Waals surface area contributed by atoms with Crippen LogP contribution in [-0.2, 0) is 11.0 Å². The molecule has 2 atom stereocenters. The Morgan fingerprint density at radius 2 is 1.81 bits per heavy atom. The number of aromatic nitrogens is 6. The summed E-state index contributed by atoms with van der Waals surface area (Å²) in [6.07, 6.45) is -0.892. The summed E-state index contributed by atoms with van der Waals surface area (Å²) in [5, 5.41) is 13.0. The van der Waals surface area contributed by atoms with Crippen molar-refractivity contribution in [3.8, 4) is 0 Å². The number of ketones is 1. The number of anilines is 1. The summed E-state index contributed by atoms with van der Waals surface area (Å²) in [5.74, 6) is 1.94. The van der Waals surface area contributed by atoms with Crippen LogP contribution in [0.4, 0.5) is 19.0 Å². The molecule has 8 nitrogen and oxygen atoms in total. The maximum atomic E-state index is 13.1. The van der Waals surface area contributed by atoms with Crippen LogP contribution in [0.3, 0.4) is 0 Å². The molecule has 1 aliphatic carbocycles. The van der Waals surface area contributed by atoms with E-state index in [0.717, 1.165) is 62.4 Å². The van der Waals surface area contributed by atoms with Crippen LogP contribution in [0, 0.1) is 11.8 Å². The minimum atomic E-state index is -4.41. The lowest BCUT2D eigenvalue weighted by molar-refractivity contribution is -0.137. The quantitative estimate of drug-likeness (QED) is 0.360. The van der Waals surface area contributed by atoms with E-state index in [1.165, 1.54) is 6.07 Å². The predicted octanol–water partition coefficient (Wildman–Crippen LogP) is 5.05. The Balaban J connectivity index is 1.19. The highest BCUT2D eigenvalue weighted by Crippen LogP contribution is 2.37. The molecule has 1 saturated carbocycles. The first kappa shape index (κ1) is 23.9. The van der Waals surface area contributed by atoms with Crippen LogP contribution >= 0.6 is 0 Å². The second kappa shape index (κ2) is 8.81. The van der Waals surface area contributed by atoms with E-state index in [1.54, 1.807) is 4.68 Å². The zero-order valence-electron chi connectivity index (χ0n) is 20.7. The number of nitrogens with zero attached hydrogens (tertiary/aromatic N) is 7. The molecule has 0 radical (unpaired) electrons. The van der Waals surface area contributed by atoms with Crippen molar-refractivity contribution in [2.75, 3.05) is 18.0 Å². The fourth-order valence-corrected chi connectivity index (χ4v) is 5.28. The molecule has 0 bridgehead atoms. The van der Waals surface area contributed by atoms with Gasteiger partial charge >= 0.3 is 6.18 Å². The highest BCUT2D eigenvalue weighted by atomic mass is 19.4. The van der Waals surface area contributed by atoms with Crippen LogP contribution < -0.4 is 4.90 Å². The Kier molecular flexibility index (Phi) is 5.68. The normalized spacial score (nSPS) is 19.0. The second-order valence-electron chi connectivity index (χ2n) is 10.3. The summed E-state index contributed by atoms with van der Waals surface area (Å²) in [6.45, 7) is 5.45. The van der Waals surface area contributed by atoms with Gasteiger partial charge in [-0.15, -0.1) is 10.2 Å². The molecule has 2 unspecified atom stereocenters. The lowest BCUT2D eigenvalue weighted by Crippen LogP contribution is -2.36. The lowest BCUT2D eigenvalue weighted by Gasteiger charge is -2.33. The number of carbonyl (C=O) groups excluding carboxylic acids is 1. The molecule has 1 aliphatic heterocycles. The van der Waals surface area contributed by atoms with Crippen molar-refractivity contribution in [2.45, 2.75) is 57.7 Å². The smallest absolute Gasteiger partial charge is 0.356 e. The molecule has 0 N–H and O–H groups in total. The van der Waals surface area contributed by atoms with Crippen molar-refractivity contribution in [3.63, 3.8) is 0 Å². The number of fused-ring (bicyclic) bond motifs is 2. The molecule has 2 aliphatic rings. The van der Waals surface area contributed by atoms with E-state index in [9.17, 15) is 18.0 Å². The number of Topliss-reactive ketones (excluding diaryl/α,β-unsaturated/α-hetero) is 1. The van der Waals surface area contributed by atoms with Gasteiger partial charge in [0.2, 0.25) is 0 Å². The van der Waals surface area contributed by atoms with Gasteiger partial charge in [-0.05, 0) is 56.0 Å². The molecule has 6 rings (SSSR count). The molecule has 3 aromatic heterocycles. The number of pyridine rings is 1. The minimum Gasteiger partial charge on any atom is -0.356 e. The monoisotopic (exact) mass is 511 g/mol. The third-order valence-electron chi connectivity index (χ3n) is 7.87. The number of carbonyl (C=O) groups is 1. The van der Waals surface area contributed by atoms with Gasteiger partial charge in [0.15, 0.2) is 11.5 Å². The number of alkyl halides is 3. The average Bonchev–Trinajstić information content (AvgIpc) is 3.51. The van der Waals surface area contributed by atoms with Gasteiger partial charge in [-0.1, -0.05) is 25.1 Å². The molecular weight excluding hydrogens is 483 g/mol. The van der Waals surface area contributed by atoms with E-state index in [0.29, 0.717) is 17.1 Å². The summed E-state index contributed by atoms with van der Waals surface area (Å²) < 4.78 is 42.8. The molecule has 0 spiro atoms. The van der Waals surface area contributed by atoms with Gasteiger partial charge in [0.25, 0.3) is 0 Å². The highest BCUT2D eigenvalue weighted by molar-refractivity contribution is 5.85. The molecule has 11 heteroatoms. The number of hydrogen-bond donors (Lipinski definition) is 0. The Bertz CT molecular complexity index is 1460. The summed E-state index contributed by atoms with van der Waals surface area (Å²) >= 11 is 0. The largest absolute Gasteiger partial charge is 0.416 e. The summed E-state index contributed by atoms with van der Waals surface area (Å²) in [7, 11) is 0. The predicted molar refractivity (Wildman–Crippen MR) is 131 cm³/mol. The first-order chi connectivity index (χ1) is 17.7. The van der Waals surface area contributed by atoms with Crippen LogP contribution in [0.1, 0.15) is 62.9 Å². The molecular formula is C26H28F3N7O. The Labute approximate surface area is 211 Å². The van der Waals surface area contributed by atoms with E-state index in [-0.39, 0.29) is 29.3 Å². The Morgan fingerprint density at radius 3 is 2.51 bits per heavy atom. The van der Waals surface area contributed by atoms with Gasteiger partial charge in [0.1, 0.15) is 17.1 Å².